The number of aromatic hydroxyl groups is 1. The Bertz CT molecular complexity index is 2150. The molecule has 268 valence electrons. The highest BCUT2D eigenvalue weighted by molar-refractivity contribution is 6.33. The third kappa shape index (κ3) is 6.95. The van der Waals surface area contributed by atoms with E-state index in [1.165, 1.54) is 15.8 Å². The normalized spacial score (nSPS) is 16.3. The van der Waals surface area contributed by atoms with Crippen LogP contribution in [0.15, 0.2) is 34.9 Å². The van der Waals surface area contributed by atoms with Crippen LogP contribution in [-0.2, 0) is 28.7 Å². The zero-order valence-corrected chi connectivity index (χ0v) is 28.1. The average Bonchev–Trinajstić information content (AvgIpc) is 3.49. The smallest absolute Gasteiger partial charge is 0.416 e. The third-order valence-corrected chi connectivity index (χ3v) is 9.21. The Morgan fingerprint density at radius 3 is 2.47 bits per heavy atom. The van der Waals surface area contributed by atoms with E-state index < -0.39 is 41.6 Å². The Morgan fingerprint density at radius 2 is 1.84 bits per heavy atom. The fourth-order valence-electron chi connectivity index (χ4n) is 6.11. The molecular formula is C32H32ClF3N10O5. The van der Waals surface area contributed by atoms with E-state index in [9.17, 15) is 37.5 Å². The number of allylic oxidation sites excluding steroid dienone is 1. The van der Waals surface area contributed by atoms with Crippen molar-refractivity contribution in [3.8, 4) is 5.75 Å². The van der Waals surface area contributed by atoms with Gasteiger partial charge in [-0.05, 0) is 50.5 Å². The Hall–Kier alpha value is -5.52. The van der Waals surface area contributed by atoms with Crippen LogP contribution in [0.2, 0.25) is 5.02 Å². The second kappa shape index (κ2) is 13.7. The number of aryl methyl sites for hydroxylation is 1. The summed E-state index contributed by atoms with van der Waals surface area (Å²) in [5, 5.41) is 17.0. The molecule has 1 aliphatic carbocycles. The zero-order chi connectivity index (χ0) is 36.8. The van der Waals surface area contributed by atoms with E-state index >= 15 is 0 Å². The number of nitrogens with zero attached hydrogens (tertiary/aromatic N) is 8. The molecule has 0 bridgehead atoms. The molecule has 1 saturated carbocycles. The van der Waals surface area contributed by atoms with Gasteiger partial charge in [-0.1, -0.05) is 24.1 Å². The Balaban J connectivity index is 1.34. The topological polar surface area (TPSA) is 194 Å². The van der Waals surface area contributed by atoms with Gasteiger partial charge in [0.1, 0.15) is 18.6 Å². The van der Waals surface area contributed by atoms with Gasteiger partial charge in [0, 0.05) is 32.1 Å². The molecule has 1 aliphatic heterocycles. The lowest BCUT2D eigenvalue weighted by atomic mass is 9.79. The molecule has 2 fully saturated rings. The SMILES string of the molecule is CCc1c(N2CCN(C(=O)c3ncnc(C)c3O)CC2)c(=O)n2nc(C=C3CC(C(N)=O)C3)nc2n1CC(=O)Nc1ccc(C(F)(F)F)cc1Cl. The molecule has 4 aromatic rings. The molecular weight excluding hydrogens is 697 g/mol. The summed E-state index contributed by atoms with van der Waals surface area (Å²) in [6, 6.07) is 2.57. The number of halogens is 4. The van der Waals surface area contributed by atoms with Crippen LogP contribution >= 0.6 is 11.6 Å². The molecule has 0 atom stereocenters. The number of alkyl halides is 3. The number of hydrogen-bond acceptors (Lipinski definition) is 10. The summed E-state index contributed by atoms with van der Waals surface area (Å²) in [6.07, 6.45) is -0.686. The van der Waals surface area contributed by atoms with Crippen molar-refractivity contribution in [1.29, 1.82) is 0 Å². The maximum Gasteiger partial charge on any atom is 0.416 e. The molecule has 3 amide bonds. The number of aromatic nitrogens is 6. The third-order valence-electron chi connectivity index (χ3n) is 8.89. The molecule has 19 heteroatoms. The summed E-state index contributed by atoms with van der Waals surface area (Å²) >= 11 is 6.09. The highest BCUT2D eigenvalue weighted by Crippen LogP contribution is 2.35. The molecule has 4 heterocycles. The minimum absolute atomic E-state index is 0.0373. The molecule has 0 unspecified atom stereocenters. The highest BCUT2D eigenvalue weighted by Gasteiger charge is 2.33. The lowest BCUT2D eigenvalue weighted by Crippen LogP contribution is -2.51. The number of hydrogen-bond donors (Lipinski definition) is 3. The average molecular weight is 729 g/mol. The number of primary amides is 1. The second-order valence-electron chi connectivity index (χ2n) is 12.2. The monoisotopic (exact) mass is 728 g/mol. The number of fused-ring (bicyclic) bond motifs is 1. The van der Waals surface area contributed by atoms with Gasteiger partial charge in [-0.3, -0.25) is 19.2 Å². The molecule has 4 N–H and O–H groups in total. The van der Waals surface area contributed by atoms with Gasteiger partial charge in [0.25, 0.3) is 11.5 Å². The maximum atomic E-state index is 14.1. The minimum Gasteiger partial charge on any atom is -0.504 e. The van der Waals surface area contributed by atoms with Crippen molar-refractivity contribution in [2.75, 3.05) is 36.4 Å². The summed E-state index contributed by atoms with van der Waals surface area (Å²) < 4.78 is 42.1. The molecule has 1 aromatic carbocycles. The lowest BCUT2D eigenvalue weighted by Gasteiger charge is -2.36. The molecule has 1 saturated heterocycles. The van der Waals surface area contributed by atoms with E-state index in [0.29, 0.717) is 24.6 Å². The predicted octanol–water partition coefficient (Wildman–Crippen LogP) is 2.81. The van der Waals surface area contributed by atoms with Gasteiger partial charge in [-0.25, -0.2) is 9.97 Å². The summed E-state index contributed by atoms with van der Waals surface area (Å²) in [7, 11) is 0. The quantitative estimate of drug-likeness (QED) is 0.243. The van der Waals surface area contributed by atoms with Gasteiger partial charge < -0.3 is 30.5 Å². The fourth-order valence-corrected chi connectivity index (χ4v) is 6.34. The van der Waals surface area contributed by atoms with Crippen LogP contribution in [-0.4, -0.2) is 83.0 Å². The van der Waals surface area contributed by atoms with Gasteiger partial charge in [-0.2, -0.15) is 22.7 Å². The van der Waals surface area contributed by atoms with Crippen molar-refractivity contribution >= 4 is 52.6 Å². The van der Waals surface area contributed by atoms with Crippen molar-refractivity contribution in [1.82, 2.24) is 34.0 Å². The second-order valence-corrected chi connectivity index (χ2v) is 12.6. The van der Waals surface area contributed by atoms with Gasteiger partial charge in [-0.15, -0.1) is 5.10 Å². The predicted molar refractivity (Wildman–Crippen MR) is 178 cm³/mol. The van der Waals surface area contributed by atoms with Crippen LogP contribution in [0.4, 0.5) is 24.5 Å². The van der Waals surface area contributed by atoms with E-state index in [2.05, 4.69) is 25.4 Å². The maximum absolute atomic E-state index is 14.1. The van der Waals surface area contributed by atoms with Crippen molar-refractivity contribution in [2.24, 2.45) is 11.7 Å². The number of nitrogens with two attached hydrogens (primary N) is 1. The summed E-state index contributed by atoms with van der Waals surface area (Å²) in [6.45, 7) is 3.67. The number of rotatable bonds is 8. The molecule has 51 heavy (non-hydrogen) atoms. The number of amides is 3. The van der Waals surface area contributed by atoms with Crippen molar-refractivity contribution < 1.29 is 32.7 Å². The highest BCUT2D eigenvalue weighted by atomic mass is 35.5. The van der Waals surface area contributed by atoms with Crippen molar-refractivity contribution in [3.63, 3.8) is 0 Å². The fraction of sp³-hybridized carbons (Fsp3) is 0.375. The van der Waals surface area contributed by atoms with Crippen LogP contribution in [0.25, 0.3) is 11.9 Å². The van der Waals surface area contributed by atoms with E-state index in [1.807, 2.05) is 0 Å². The van der Waals surface area contributed by atoms with Crippen LogP contribution in [0, 0.1) is 12.8 Å². The van der Waals surface area contributed by atoms with E-state index in [4.69, 9.17) is 17.3 Å². The molecule has 2 aliphatic rings. The number of nitrogens with one attached hydrogen (secondary N) is 1. The van der Waals surface area contributed by atoms with Gasteiger partial charge in [0.15, 0.2) is 17.3 Å². The first-order valence-corrected chi connectivity index (χ1v) is 16.3. The van der Waals surface area contributed by atoms with Gasteiger partial charge in [0.2, 0.25) is 17.6 Å². The first kappa shape index (κ1) is 35.3. The van der Waals surface area contributed by atoms with Crippen LogP contribution in [0.5, 0.6) is 5.75 Å². The molecule has 15 nitrogen and oxygen atoms in total. The van der Waals surface area contributed by atoms with Crippen molar-refractivity contribution in [3.05, 3.63) is 73.9 Å². The first-order chi connectivity index (χ1) is 24.2. The number of piperazine rings is 1. The van der Waals surface area contributed by atoms with Gasteiger partial charge >= 0.3 is 6.18 Å². The summed E-state index contributed by atoms with van der Waals surface area (Å²) in [5.41, 5.74) is 5.47. The Morgan fingerprint density at radius 1 is 1.14 bits per heavy atom. The number of carbonyl (C=O) groups is 3. The Labute approximate surface area is 292 Å². The van der Waals surface area contributed by atoms with Crippen LogP contribution < -0.4 is 21.5 Å². The lowest BCUT2D eigenvalue weighted by molar-refractivity contribution is -0.137. The van der Waals surface area contributed by atoms with Crippen LogP contribution in [0.1, 0.15) is 53.0 Å². The van der Waals surface area contributed by atoms with E-state index in [1.54, 1.807) is 24.8 Å². The number of anilines is 2. The zero-order valence-electron chi connectivity index (χ0n) is 27.4. The molecule has 0 radical (unpaired) electrons. The summed E-state index contributed by atoms with van der Waals surface area (Å²) in [5.74, 6) is -1.99. The van der Waals surface area contributed by atoms with Crippen LogP contribution in [0.3, 0.4) is 0 Å². The number of benzene rings is 1. The van der Waals surface area contributed by atoms with E-state index in [0.717, 1.165) is 22.2 Å². The van der Waals surface area contributed by atoms with Crippen molar-refractivity contribution in [2.45, 2.75) is 45.8 Å². The first-order valence-electron chi connectivity index (χ1n) is 15.9. The minimum atomic E-state index is -4.63. The summed E-state index contributed by atoms with van der Waals surface area (Å²) in [4.78, 5) is 67.9. The standard InChI is InChI=1S/C32H32ClF3N10O5/c1-3-22-26(43-6-8-44(9-7-43)29(50)25-27(48)16(2)38-15-39-25)30(51)46-31(41-23(42-46)12-17-10-18(11-17)28(37)49)45(22)14-24(47)40-21-5-4-19(13-20(21)33)32(34,35)36/h4-5,12-13,15,18,48H,3,6-11,14H2,1-2H3,(H2,37,49)(H,40,47). The van der Waals surface area contributed by atoms with Gasteiger partial charge in [0.05, 0.1) is 27.7 Å². The number of carbonyl (C=O) groups excluding carboxylic acids is 3. The largest absolute Gasteiger partial charge is 0.504 e. The Kier molecular flexibility index (Phi) is 9.45. The van der Waals surface area contributed by atoms with E-state index in [-0.39, 0.29) is 83.7 Å². The molecule has 6 rings (SSSR count). The molecule has 3 aromatic heterocycles. The molecule has 0 spiro atoms.